The lowest BCUT2D eigenvalue weighted by atomic mass is 10.1. The number of nitrogens with zero attached hydrogens (tertiary/aromatic N) is 4. The predicted octanol–water partition coefficient (Wildman–Crippen LogP) is 3.14. The van der Waals surface area contributed by atoms with E-state index in [2.05, 4.69) is 9.97 Å². The molecule has 1 unspecified atom stereocenters. The van der Waals surface area contributed by atoms with Crippen molar-refractivity contribution in [1.82, 2.24) is 9.97 Å². The van der Waals surface area contributed by atoms with Crippen molar-refractivity contribution in [3.63, 3.8) is 0 Å². The third-order valence-corrected chi connectivity index (χ3v) is 4.05. The average Bonchev–Trinajstić information content (AvgIpc) is 2.61. The Morgan fingerprint density at radius 1 is 1.16 bits per heavy atom. The molecule has 1 aromatic heterocycles. The summed E-state index contributed by atoms with van der Waals surface area (Å²) in [4.78, 5) is 12.7. The summed E-state index contributed by atoms with van der Waals surface area (Å²) in [7, 11) is 3.80. The SMILES string of the molecule is CN(C)c1ccnc(N2CCOC(c3ccc(C(F)(F)F)cc3)C2)n1. The third kappa shape index (κ3) is 4.01. The van der Waals surface area contributed by atoms with Crippen LogP contribution in [0.2, 0.25) is 0 Å². The number of aromatic nitrogens is 2. The van der Waals surface area contributed by atoms with Gasteiger partial charge in [0.15, 0.2) is 0 Å². The first-order valence-corrected chi connectivity index (χ1v) is 7.88. The molecule has 0 N–H and O–H groups in total. The van der Waals surface area contributed by atoms with Crippen molar-refractivity contribution in [1.29, 1.82) is 0 Å². The number of hydrogen-bond acceptors (Lipinski definition) is 5. The van der Waals surface area contributed by atoms with Crippen molar-refractivity contribution >= 4 is 11.8 Å². The summed E-state index contributed by atoms with van der Waals surface area (Å²) in [5.74, 6) is 1.38. The molecule has 2 aromatic rings. The maximum atomic E-state index is 12.7. The van der Waals surface area contributed by atoms with Gasteiger partial charge < -0.3 is 14.5 Å². The number of ether oxygens (including phenoxy) is 1. The maximum absolute atomic E-state index is 12.7. The van der Waals surface area contributed by atoms with E-state index >= 15 is 0 Å². The van der Waals surface area contributed by atoms with Crippen molar-refractivity contribution in [3.8, 4) is 0 Å². The Hall–Kier alpha value is -2.35. The summed E-state index contributed by atoms with van der Waals surface area (Å²) < 4.78 is 43.8. The summed E-state index contributed by atoms with van der Waals surface area (Å²) >= 11 is 0. The molecule has 0 radical (unpaired) electrons. The molecule has 0 bridgehead atoms. The highest BCUT2D eigenvalue weighted by atomic mass is 19.4. The van der Waals surface area contributed by atoms with E-state index in [9.17, 15) is 13.2 Å². The molecule has 0 spiro atoms. The molecular weight excluding hydrogens is 333 g/mol. The van der Waals surface area contributed by atoms with Gasteiger partial charge in [-0.2, -0.15) is 18.2 Å². The molecule has 0 aliphatic carbocycles. The van der Waals surface area contributed by atoms with Gasteiger partial charge in [0.05, 0.1) is 18.7 Å². The van der Waals surface area contributed by atoms with Crippen molar-refractivity contribution in [2.75, 3.05) is 43.6 Å². The molecule has 5 nitrogen and oxygen atoms in total. The highest BCUT2D eigenvalue weighted by Crippen LogP contribution is 2.31. The summed E-state index contributed by atoms with van der Waals surface area (Å²) in [6.07, 6.45) is -2.96. The zero-order valence-corrected chi connectivity index (χ0v) is 14.0. The second-order valence-corrected chi connectivity index (χ2v) is 6.03. The van der Waals surface area contributed by atoms with Crippen LogP contribution in [0.3, 0.4) is 0 Å². The summed E-state index contributed by atoms with van der Waals surface area (Å²) in [6, 6.07) is 6.92. The van der Waals surface area contributed by atoms with Gasteiger partial charge >= 0.3 is 6.18 Å². The molecule has 0 amide bonds. The van der Waals surface area contributed by atoms with E-state index < -0.39 is 11.7 Å². The second-order valence-electron chi connectivity index (χ2n) is 6.03. The van der Waals surface area contributed by atoms with Crippen LogP contribution in [0.15, 0.2) is 36.5 Å². The second kappa shape index (κ2) is 6.87. The van der Waals surface area contributed by atoms with Crippen LogP contribution in [0.1, 0.15) is 17.2 Å². The minimum atomic E-state index is -4.33. The summed E-state index contributed by atoms with van der Waals surface area (Å²) in [5.41, 5.74) is 0.0485. The molecule has 134 valence electrons. The first kappa shape index (κ1) is 17.5. The van der Waals surface area contributed by atoms with Gasteiger partial charge in [0, 0.05) is 26.8 Å². The van der Waals surface area contributed by atoms with E-state index in [0.717, 1.165) is 18.0 Å². The van der Waals surface area contributed by atoms with Crippen LogP contribution in [0.5, 0.6) is 0 Å². The minimum absolute atomic E-state index is 0.317. The van der Waals surface area contributed by atoms with Crippen molar-refractivity contribution in [3.05, 3.63) is 47.7 Å². The van der Waals surface area contributed by atoms with Crippen LogP contribution in [-0.2, 0) is 10.9 Å². The molecule has 2 heterocycles. The van der Waals surface area contributed by atoms with Crippen molar-refractivity contribution in [2.24, 2.45) is 0 Å². The Kier molecular flexibility index (Phi) is 4.80. The summed E-state index contributed by atoms with van der Waals surface area (Å²) in [6.45, 7) is 1.58. The van der Waals surface area contributed by atoms with Gasteiger partial charge in [-0.1, -0.05) is 12.1 Å². The Labute approximate surface area is 144 Å². The Balaban J connectivity index is 1.76. The highest BCUT2D eigenvalue weighted by Gasteiger charge is 2.31. The lowest BCUT2D eigenvalue weighted by molar-refractivity contribution is -0.137. The van der Waals surface area contributed by atoms with E-state index in [-0.39, 0.29) is 6.10 Å². The predicted molar refractivity (Wildman–Crippen MR) is 88.7 cm³/mol. The number of halogens is 3. The molecule has 1 atom stereocenters. The number of rotatable bonds is 3. The van der Waals surface area contributed by atoms with Crippen LogP contribution >= 0.6 is 0 Å². The minimum Gasteiger partial charge on any atom is -0.370 e. The van der Waals surface area contributed by atoms with Gasteiger partial charge in [-0.25, -0.2) is 4.98 Å². The molecule has 1 aromatic carbocycles. The fraction of sp³-hybridized carbons (Fsp3) is 0.412. The normalized spacial score (nSPS) is 18.3. The molecule has 8 heteroatoms. The van der Waals surface area contributed by atoms with Crippen molar-refractivity contribution < 1.29 is 17.9 Å². The van der Waals surface area contributed by atoms with Crippen LogP contribution in [-0.4, -0.2) is 43.8 Å². The molecule has 25 heavy (non-hydrogen) atoms. The van der Waals surface area contributed by atoms with Crippen LogP contribution in [0.4, 0.5) is 24.9 Å². The average molecular weight is 352 g/mol. The van der Waals surface area contributed by atoms with Crippen molar-refractivity contribution in [2.45, 2.75) is 12.3 Å². The highest BCUT2D eigenvalue weighted by molar-refractivity contribution is 5.43. The maximum Gasteiger partial charge on any atom is 0.416 e. The zero-order chi connectivity index (χ0) is 18.0. The van der Waals surface area contributed by atoms with E-state index in [1.807, 2.05) is 30.0 Å². The summed E-state index contributed by atoms with van der Waals surface area (Å²) in [5, 5.41) is 0. The Bertz CT molecular complexity index is 719. The van der Waals surface area contributed by atoms with Crippen LogP contribution in [0.25, 0.3) is 0 Å². The third-order valence-electron chi connectivity index (χ3n) is 4.05. The standard InChI is InChI=1S/C17H19F3N4O/c1-23(2)15-7-8-21-16(22-15)24-9-10-25-14(11-24)12-3-5-13(6-4-12)17(18,19)20/h3-8,14H,9-11H2,1-2H3. The lowest BCUT2D eigenvalue weighted by Gasteiger charge is -2.33. The Morgan fingerprint density at radius 3 is 2.52 bits per heavy atom. The monoisotopic (exact) mass is 352 g/mol. The quantitative estimate of drug-likeness (QED) is 0.849. The van der Waals surface area contributed by atoms with Gasteiger partial charge in [-0.05, 0) is 23.8 Å². The molecule has 3 rings (SSSR count). The van der Waals surface area contributed by atoms with E-state index in [1.165, 1.54) is 12.1 Å². The van der Waals surface area contributed by atoms with Gasteiger partial charge in [-0.15, -0.1) is 0 Å². The van der Waals surface area contributed by atoms with E-state index in [1.54, 1.807) is 6.20 Å². The number of hydrogen-bond donors (Lipinski definition) is 0. The number of morpholine rings is 1. The van der Waals surface area contributed by atoms with Crippen LogP contribution < -0.4 is 9.80 Å². The molecule has 1 aliphatic heterocycles. The molecule has 0 saturated carbocycles. The van der Waals surface area contributed by atoms with E-state index in [4.69, 9.17) is 4.74 Å². The van der Waals surface area contributed by atoms with Gasteiger partial charge in [-0.3, -0.25) is 0 Å². The molecule has 1 aliphatic rings. The number of anilines is 2. The number of benzene rings is 1. The Morgan fingerprint density at radius 2 is 1.88 bits per heavy atom. The van der Waals surface area contributed by atoms with Crippen LogP contribution in [0, 0.1) is 0 Å². The molecule has 1 saturated heterocycles. The van der Waals surface area contributed by atoms with Gasteiger partial charge in [0.2, 0.25) is 5.95 Å². The topological polar surface area (TPSA) is 41.5 Å². The lowest BCUT2D eigenvalue weighted by Crippen LogP contribution is -2.39. The molecular formula is C17H19F3N4O. The fourth-order valence-electron chi connectivity index (χ4n) is 2.66. The first-order chi connectivity index (χ1) is 11.8. The van der Waals surface area contributed by atoms with E-state index in [0.29, 0.717) is 31.2 Å². The van der Waals surface area contributed by atoms with Gasteiger partial charge in [0.1, 0.15) is 11.9 Å². The molecule has 1 fully saturated rings. The largest absolute Gasteiger partial charge is 0.416 e. The van der Waals surface area contributed by atoms with Gasteiger partial charge in [0.25, 0.3) is 0 Å². The smallest absolute Gasteiger partial charge is 0.370 e. The number of alkyl halides is 3. The first-order valence-electron chi connectivity index (χ1n) is 7.88. The zero-order valence-electron chi connectivity index (χ0n) is 14.0. The fourth-order valence-corrected chi connectivity index (χ4v) is 2.66.